The van der Waals surface area contributed by atoms with Gasteiger partial charge in [0, 0.05) is 29.5 Å². The number of nitrogens with zero attached hydrogens (tertiary/aromatic N) is 3. The summed E-state index contributed by atoms with van der Waals surface area (Å²) in [6, 6.07) is 27.8. The summed E-state index contributed by atoms with van der Waals surface area (Å²) in [5.41, 5.74) is 6.80. The molecule has 2 heterocycles. The molecule has 29 heavy (non-hydrogen) atoms. The molecule has 0 saturated carbocycles. The average Bonchev–Trinajstić information content (AvgIpc) is 3.11. The molecule has 0 amide bonds. The number of hydrogen-bond donors (Lipinski definition) is 1. The van der Waals surface area contributed by atoms with E-state index in [-0.39, 0.29) is 5.66 Å². The van der Waals surface area contributed by atoms with E-state index in [0.717, 1.165) is 31.0 Å². The number of rotatable bonds is 2. The summed E-state index contributed by atoms with van der Waals surface area (Å²) >= 11 is 0. The van der Waals surface area contributed by atoms with E-state index in [4.69, 9.17) is 4.99 Å². The van der Waals surface area contributed by atoms with E-state index in [2.05, 4.69) is 108 Å². The van der Waals surface area contributed by atoms with Crippen LogP contribution >= 0.6 is 0 Å². The van der Waals surface area contributed by atoms with Crippen molar-refractivity contribution in [2.24, 2.45) is 4.99 Å². The van der Waals surface area contributed by atoms with Gasteiger partial charge >= 0.3 is 0 Å². The molecule has 5 rings (SSSR count). The lowest BCUT2D eigenvalue weighted by atomic mass is 10.0. The average molecular weight is 383 g/mol. The molecule has 1 unspecified atom stereocenters. The molecule has 0 aliphatic carbocycles. The molecular formula is C25H26N4. The Morgan fingerprint density at radius 2 is 1.69 bits per heavy atom. The number of hydrogen-bond acceptors (Lipinski definition) is 4. The number of aliphatic imine (C=N–C) groups is 1. The van der Waals surface area contributed by atoms with Gasteiger partial charge in [0.2, 0.25) is 0 Å². The van der Waals surface area contributed by atoms with Gasteiger partial charge in [-0.25, -0.2) is 0 Å². The van der Waals surface area contributed by atoms with Gasteiger partial charge in [-0.3, -0.25) is 10.3 Å². The summed E-state index contributed by atoms with van der Waals surface area (Å²) in [6.07, 6.45) is 0. The molecule has 146 valence electrons. The summed E-state index contributed by atoms with van der Waals surface area (Å²) in [5, 5.41) is 3.74. The number of likely N-dealkylation sites (N-methyl/N-ethyl adjacent to an activating group) is 1. The van der Waals surface area contributed by atoms with E-state index in [1.807, 2.05) is 0 Å². The number of nitrogens with one attached hydrogen (secondary N) is 1. The van der Waals surface area contributed by atoms with Crippen LogP contribution in [0.1, 0.15) is 16.7 Å². The van der Waals surface area contributed by atoms with Crippen LogP contribution in [0.2, 0.25) is 0 Å². The van der Waals surface area contributed by atoms with Crippen molar-refractivity contribution in [2.75, 3.05) is 36.6 Å². The smallest absolute Gasteiger partial charge is 0.148 e. The van der Waals surface area contributed by atoms with Crippen LogP contribution in [0.4, 0.5) is 11.4 Å². The minimum Gasteiger partial charge on any atom is -0.370 e. The monoisotopic (exact) mass is 382 g/mol. The van der Waals surface area contributed by atoms with Crippen LogP contribution in [-0.4, -0.2) is 38.2 Å². The van der Waals surface area contributed by atoms with E-state index in [1.165, 1.54) is 22.5 Å². The molecule has 2 aliphatic heterocycles. The Kier molecular flexibility index (Phi) is 4.36. The van der Waals surface area contributed by atoms with E-state index < -0.39 is 0 Å². The first kappa shape index (κ1) is 18.0. The van der Waals surface area contributed by atoms with Gasteiger partial charge < -0.3 is 9.80 Å². The lowest BCUT2D eigenvalue weighted by molar-refractivity contribution is 0.426. The maximum Gasteiger partial charge on any atom is 0.148 e. The van der Waals surface area contributed by atoms with Gasteiger partial charge in [0.05, 0.1) is 25.5 Å². The summed E-state index contributed by atoms with van der Waals surface area (Å²) in [5.74, 6) is 0. The zero-order chi connectivity index (χ0) is 19.8. The molecular weight excluding hydrogens is 356 g/mol. The van der Waals surface area contributed by atoms with Crippen molar-refractivity contribution in [2.45, 2.75) is 12.6 Å². The third-order valence-electron chi connectivity index (χ3n) is 5.86. The predicted octanol–water partition coefficient (Wildman–Crippen LogP) is 4.05. The molecule has 3 aromatic rings. The zero-order valence-corrected chi connectivity index (χ0v) is 17.0. The van der Waals surface area contributed by atoms with Gasteiger partial charge in [-0.05, 0) is 30.7 Å². The third-order valence-corrected chi connectivity index (χ3v) is 5.86. The maximum absolute atomic E-state index is 5.39. The molecule has 1 saturated heterocycles. The first-order chi connectivity index (χ1) is 14.1. The molecule has 1 fully saturated rings. The Morgan fingerprint density at radius 3 is 2.52 bits per heavy atom. The second-order valence-corrected chi connectivity index (χ2v) is 8.10. The number of fused-ring (bicyclic) bond motifs is 1. The molecule has 1 N–H and O–H groups in total. The Labute approximate surface area is 172 Å². The van der Waals surface area contributed by atoms with E-state index in [0.29, 0.717) is 0 Å². The highest BCUT2D eigenvalue weighted by Crippen LogP contribution is 2.32. The molecule has 0 aromatic heterocycles. The van der Waals surface area contributed by atoms with Gasteiger partial charge in [0.15, 0.2) is 0 Å². The number of aryl methyl sites for hydroxylation is 1. The highest BCUT2D eigenvalue weighted by atomic mass is 15.4. The topological polar surface area (TPSA) is 30.9 Å². The lowest BCUT2D eigenvalue weighted by Gasteiger charge is -2.30. The molecule has 3 aromatic carbocycles. The van der Waals surface area contributed by atoms with Crippen LogP contribution in [0.25, 0.3) is 0 Å². The van der Waals surface area contributed by atoms with Crippen LogP contribution in [0, 0.1) is 6.92 Å². The van der Waals surface area contributed by atoms with Crippen LogP contribution in [0.3, 0.4) is 0 Å². The Balaban J connectivity index is 1.59. The van der Waals surface area contributed by atoms with Crippen molar-refractivity contribution < 1.29 is 0 Å². The van der Waals surface area contributed by atoms with Gasteiger partial charge in [0.25, 0.3) is 0 Å². The first-order valence-electron chi connectivity index (χ1n) is 10.2. The summed E-state index contributed by atoms with van der Waals surface area (Å²) in [7, 11) is 2.17. The zero-order valence-electron chi connectivity index (χ0n) is 17.0. The normalized spacial score (nSPS) is 21.1. The molecule has 1 spiro atoms. The van der Waals surface area contributed by atoms with Crippen molar-refractivity contribution in [1.82, 2.24) is 5.32 Å². The number of anilines is 2. The third kappa shape index (κ3) is 3.30. The first-order valence-corrected chi connectivity index (χ1v) is 10.2. The molecule has 4 nitrogen and oxygen atoms in total. The van der Waals surface area contributed by atoms with Crippen molar-refractivity contribution in [3.8, 4) is 0 Å². The molecule has 0 bridgehead atoms. The fourth-order valence-electron chi connectivity index (χ4n) is 4.47. The van der Waals surface area contributed by atoms with E-state index >= 15 is 0 Å². The quantitative estimate of drug-likeness (QED) is 0.726. The van der Waals surface area contributed by atoms with Gasteiger partial charge in [-0.15, -0.1) is 0 Å². The highest BCUT2D eigenvalue weighted by molar-refractivity contribution is 6.16. The van der Waals surface area contributed by atoms with Gasteiger partial charge in [0.1, 0.15) is 5.66 Å². The largest absolute Gasteiger partial charge is 0.370 e. The van der Waals surface area contributed by atoms with Crippen LogP contribution in [0.15, 0.2) is 83.9 Å². The highest BCUT2D eigenvalue weighted by Gasteiger charge is 2.41. The Bertz CT molecular complexity index is 1060. The molecule has 1 atom stereocenters. The Hall–Kier alpha value is -3.11. The summed E-state index contributed by atoms with van der Waals surface area (Å²) < 4.78 is 0. The Morgan fingerprint density at radius 1 is 0.897 bits per heavy atom. The van der Waals surface area contributed by atoms with Crippen LogP contribution < -0.4 is 15.1 Å². The number of para-hydroxylation sites is 1. The fourth-order valence-corrected chi connectivity index (χ4v) is 4.47. The van der Waals surface area contributed by atoms with E-state index in [9.17, 15) is 0 Å². The second-order valence-electron chi connectivity index (χ2n) is 8.10. The molecule has 2 aliphatic rings. The predicted molar refractivity (Wildman–Crippen MR) is 121 cm³/mol. The summed E-state index contributed by atoms with van der Waals surface area (Å²) in [4.78, 5) is 10.1. The minimum absolute atomic E-state index is 0.358. The van der Waals surface area contributed by atoms with Crippen molar-refractivity contribution in [3.63, 3.8) is 0 Å². The lowest BCUT2D eigenvalue weighted by Crippen LogP contribution is -2.49. The van der Waals surface area contributed by atoms with Crippen molar-refractivity contribution in [1.29, 1.82) is 0 Å². The van der Waals surface area contributed by atoms with Gasteiger partial charge in [-0.1, -0.05) is 60.7 Å². The van der Waals surface area contributed by atoms with Crippen molar-refractivity contribution >= 4 is 17.1 Å². The molecule has 0 radical (unpaired) electrons. The second kappa shape index (κ2) is 7.05. The minimum atomic E-state index is -0.358. The van der Waals surface area contributed by atoms with Crippen LogP contribution in [-0.2, 0) is 0 Å². The molecule has 4 heteroatoms. The fraction of sp³-hybridized carbons (Fsp3) is 0.240. The summed E-state index contributed by atoms with van der Waals surface area (Å²) in [6.45, 7) is 4.59. The van der Waals surface area contributed by atoms with Crippen molar-refractivity contribution in [3.05, 3.63) is 95.6 Å². The van der Waals surface area contributed by atoms with Gasteiger partial charge in [-0.2, -0.15) is 0 Å². The van der Waals surface area contributed by atoms with Crippen LogP contribution in [0.5, 0.6) is 0 Å². The van der Waals surface area contributed by atoms with E-state index in [1.54, 1.807) is 0 Å². The SMILES string of the molecule is Cc1cccc(N2CNC3(CN(C)c4ccccc4C(c4ccccc4)=N3)C2)c1. The maximum atomic E-state index is 5.39. The number of benzene rings is 3. The standard InChI is InChI=1S/C25H26N4/c1-19-9-8-12-21(15-19)29-17-25(26-18-29)16-28(2)23-14-7-6-13-22(23)24(27-25)20-10-4-3-5-11-20/h3-15,26H,16-18H2,1-2H3.